The topological polar surface area (TPSA) is 166 Å². The Labute approximate surface area is 219 Å². The minimum absolute atomic E-state index is 0. The van der Waals surface area contributed by atoms with Gasteiger partial charge in [0, 0.05) is 23.1 Å². The fourth-order valence-corrected chi connectivity index (χ4v) is 4.06. The van der Waals surface area contributed by atoms with E-state index in [9.17, 15) is 14.4 Å². The van der Waals surface area contributed by atoms with Crippen LogP contribution in [0.5, 0.6) is 0 Å². The van der Waals surface area contributed by atoms with Crippen molar-refractivity contribution in [1.82, 2.24) is 4.98 Å². The van der Waals surface area contributed by atoms with Gasteiger partial charge < -0.3 is 22.3 Å². The summed E-state index contributed by atoms with van der Waals surface area (Å²) < 4.78 is 0. The average Bonchev–Trinajstić information content (AvgIpc) is 3.45. The zero-order valence-corrected chi connectivity index (χ0v) is 21.1. The minimum Gasteiger partial charge on any atom is -0.480 e. The molecule has 188 valence electrons. The average molecular weight is 540 g/mol. The normalized spacial score (nSPS) is 11.1. The van der Waals surface area contributed by atoms with E-state index in [1.807, 2.05) is 18.2 Å². The highest BCUT2D eigenvalue weighted by atomic mass is 35.5. The first-order chi connectivity index (χ1) is 15.8. The summed E-state index contributed by atoms with van der Waals surface area (Å²) in [5, 5.41) is 10.8. The standard InChI is InChI=1S/C13H14N4O3S.C10H11NO.2ClH/c14-5-8-2-1-3-9(4-8)12(20)17(6-11(18)19)10-7-21-13(15)16-10;11-10(12)9-5-4-7-2-1-3-8(7)6-9;;/h1-4,7H,5-6,14H2,(H2,15,16)(H,18,19);4-6H,1-3H2,(H2,11,12);2*1H. The first-order valence-electron chi connectivity index (χ1n) is 10.2. The van der Waals surface area contributed by atoms with Gasteiger partial charge in [-0.15, -0.1) is 36.2 Å². The molecule has 0 atom stereocenters. The van der Waals surface area contributed by atoms with Crippen molar-refractivity contribution < 1.29 is 19.5 Å². The summed E-state index contributed by atoms with van der Waals surface area (Å²) in [6, 6.07) is 12.5. The molecule has 1 aliphatic rings. The van der Waals surface area contributed by atoms with E-state index in [4.69, 9.17) is 22.3 Å². The first kappa shape index (κ1) is 29.9. The third kappa shape index (κ3) is 7.93. The molecule has 2 amide bonds. The molecule has 35 heavy (non-hydrogen) atoms. The highest BCUT2D eigenvalue weighted by Gasteiger charge is 2.22. The molecule has 0 saturated heterocycles. The number of carbonyl (C=O) groups excluding carboxylic acids is 2. The van der Waals surface area contributed by atoms with Gasteiger partial charge in [0.15, 0.2) is 5.13 Å². The summed E-state index contributed by atoms with van der Waals surface area (Å²) in [6.07, 6.45) is 3.45. The Morgan fingerprint density at radius 1 is 1.03 bits per heavy atom. The molecule has 0 aliphatic heterocycles. The van der Waals surface area contributed by atoms with E-state index < -0.39 is 18.4 Å². The number of rotatable bonds is 6. The van der Waals surface area contributed by atoms with E-state index in [1.165, 1.54) is 17.5 Å². The van der Waals surface area contributed by atoms with Gasteiger partial charge in [-0.3, -0.25) is 19.3 Å². The summed E-state index contributed by atoms with van der Waals surface area (Å²) in [5.41, 5.74) is 20.7. The van der Waals surface area contributed by atoms with Gasteiger partial charge in [0.2, 0.25) is 5.91 Å². The van der Waals surface area contributed by atoms with Crippen molar-refractivity contribution in [1.29, 1.82) is 0 Å². The van der Waals surface area contributed by atoms with Gasteiger partial charge in [0.1, 0.15) is 12.4 Å². The van der Waals surface area contributed by atoms with E-state index in [1.54, 1.807) is 29.6 Å². The van der Waals surface area contributed by atoms with E-state index in [0.29, 0.717) is 17.7 Å². The van der Waals surface area contributed by atoms with Crippen molar-refractivity contribution >= 4 is 64.9 Å². The van der Waals surface area contributed by atoms with Crippen LogP contribution in [-0.2, 0) is 24.2 Å². The number of halogens is 2. The third-order valence-corrected chi connectivity index (χ3v) is 5.78. The van der Waals surface area contributed by atoms with Crippen LogP contribution in [0.2, 0.25) is 0 Å². The Morgan fingerprint density at radius 3 is 2.34 bits per heavy atom. The highest BCUT2D eigenvalue weighted by Crippen LogP contribution is 2.23. The lowest BCUT2D eigenvalue weighted by atomic mass is 10.1. The van der Waals surface area contributed by atoms with Crippen LogP contribution in [0.1, 0.15) is 43.8 Å². The quantitative estimate of drug-likeness (QED) is 0.373. The van der Waals surface area contributed by atoms with Crippen LogP contribution in [-0.4, -0.2) is 34.4 Å². The monoisotopic (exact) mass is 539 g/mol. The van der Waals surface area contributed by atoms with E-state index in [0.717, 1.165) is 34.6 Å². The third-order valence-electron chi connectivity index (χ3n) is 5.12. The van der Waals surface area contributed by atoms with Gasteiger partial charge in [0.25, 0.3) is 5.91 Å². The van der Waals surface area contributed by atoms with Gasteiger partial charge >= 0.3 is 5.97 Å². The number of carboxylic acids is 1. The number of aliphatic carboxylic acids is 1. The number of nitrogen functional groups attached to an aromatic ring is 1. The van der Waals surface area contributed by atoms with Crippen LogP contribution in [0.4, 0.5) is 10.9 Å². The van der Waals surface area contributed by atoms with Crippen LogP contribution in [0.15, 0.2) is 47.8 Å². The molecule has 12 heteroatoms. The molecule has 1 aromatic heterocycles. The van der Waals surface area contributed by atoms with Crippen LogP contribution >= 0.6 is 36.2 Å². The Balaban J connectivity index is 0.000000374. The number of fused-ring (bicyclic) bond motifs is 1. The van der Waals surface area contributed by atoms with Crippen LogP contribution in [0, 0.1) is 0 Å². The van der Waals surface area contributed by atoms with Crippen molar-refractivity contribution in [3.63, 3.8) is 0 Å². The zero-order valence-electron chi connectivity index (χ0n) is 18.7. The fraction of sp³-hybridized carbons (Fsp3) is 0.217. The van der Waals surface area contributed by atoms with E-state index in [2.05, 4.69) is 4.98 Å². The first-order valence-corrected chi connectivity index (χ1v) is 11.1. The summed E-state index contributed by atoms with van der Waals surface area (Å²) in [7, 11) is 0. The molecule has 4 rings (SSSR count). The lowest BCUT2D eigenvalue weighted by Gasteiger charge is -2.18. The maximum absolute atomic E-state index is 12.5. The fourth-order valence-electron chi connectivity index (χ4n) is 3.51. The molecule has 0 unspecified atom stereocenters. The zero-order chi connectivity index (χ0) is 24.0. The Hall–Kier alpha value is -3.18. The molecule has 0 bridgehead atoms. The summed E-state index contributed by atoms with van der Waals surface area (Å²) in [6.45, 7) is -0.196. The molecule has 0 saturated carbocycles. The van der Waals surface area contributed by atoms with Crippen molar-refractivity contribution in [2.24, 2.45) is 11.5 Å². The maximum Gasteiger partial charge on any atom is 0.323 e. The van der Waals surface area contributed by atoms with Crippen LogP contribution in [0.3, 0.4) is 0 Å². The van der Waals surface area contributed by atoms with Crippen LogP contribution < -0.4 is 22.1 Å². The number of hydrogen-bond donors (Lipinski definition) is 4. The van der Waals surface area contributed by atoms with Crippen LogP contribution in [0.25, 0.3) is 0 Å². The molecule has 7 N–H and O–H groups in total. The molecule has 0 radical (unpaired) electrons. The second kappa shape index (κ2) is 13.6. The van der Waals surface area contributed by atoms with E-state index in [-0.39, 0.29) is 41.7 Å². The molecule has 3 aromatic rings. The number of carbonyl (C=O) groups is 3. The molecule has 1 aliphatic carbocycles. The number of hydrogen-bond acceptors (Lipinski definition) is 7. The van der Waals surface area contributed by atoms with Crippen molar-refractivity contribution in [2.75, 3.05) is 17.2 Å². The number of carboxylic acid groups (broad SMARTS) is 1. The Morgan fingerprint density at radius 2 is 1.74 bits per heavy atom. The van der Waals surface area contributed by atoms with Gasteiger partial charge in [-0.1, -0.05) is 18.2 Å². The number of benzene rings is 2. The number of nitrogens with two attached hydrogens (primary N) is 3. The SMILES string of the molecule is Cl.Cl.NC(=O)c1ccc2c(c1)CCC2.NCc1cccc(C(=O)N(CC(=O)O)c2csc(N)n2)c1. The smallest absolute Gasteiger partial charge is 0.323 e. The molecular weight excluding hydrogens is 513 g/mol. The molecule has 0 fully saturated rings. The second-order valence-corrected chi connectivity index (χ2v) is 8.32. The molecule has 9 nitrogen and oxygen atoms in total. The van der Waals surface area contributed by atoms with Gasteiger partial charge in [-0.05, 0) is 60.2 Å². The number of anilines is 2. The lowest BCUT2D eigenvalue weighted by molar-refractivity contribution is -0.135. The lowest BCUT2D eigenvalue weighted by Crippen LogP contribution is -2.36. The van der Waals surface area contributed by atoms with Gasteiger partial charge in [-0.25, -0.2) is 4.98 Å². The maximum atomic E-state index is 12.5. The molecule has 0 spiro atoms. The predicted octanol–water partition coefficient (Wildman–Crippen LogP) is 3.03. The molecular formula is C23H27Cl2N5O4S. The van der Waals surface area contributed by atoms with Crippen molar-refractivity contribution in [3.8, 4) is 0 Å². The predicted molar refractivity (Wildman–Crippen MR) is 142 cm³/mol. The molecule has 2 aromatic carbocycles. The van der Waals surface area contributed by atoms with Gasteiger partial charge in [-0.2, -0.15) is 0 Å². The number of primary amides is 1. The number of aromatic nitrogens is 1. The Bertz CT molecular complexity index is 1190. The molecule has 1 heterocycles. The second-order valence-electron chi connectivity index (χ2n) is 7.43. The highest BCUT2D eigenvalue weighted by molar-refractivity contribution is 7.13. The van der Waals surface area contributed by atoms with Gasteiger partial charge in [0.05, 0.1) is 0 Å². The van der Waals surface area contributed by atoms with E-state index >= 15 is 0 Å². The summed E-state index contributed by atoms with van der Waals surface area (Å²) >= 11 is 1.14. The largest absolute Gasteiger partial charge is 0.480 e. The number of thiazole rings is 1. The number of nitrogens with zero attached hydrogens (tertiary/aromatic N) is 2. The Kier molecular flexibility index (Phi) is 11.6. The summed E-state index contributed by atoms with van der Waals surface area (Å²) in [5.74, 6) is -1.70. The van der Waals surface area contributed by atoms with Crippen molar-refractivity contribution in [3.05, 3.63) is 75.7 Å². The minimum atomic E-state index is -1.13. The number of amides is 2. The summed E-state index contributed by atoms with van der Waals surface area (Å²) in [4.78, 5) is 39.3. The number of aryl methyl sites for hydroxylation is 2. The van der Waals surface area contributed by atoms with Crippen molar-refractivity contribution in [2.45, 2.75) is 25.8 Å².